The molecule has 0 spiro atoms. The van der Waals surface area contributed by atoms with Crippen LogP contribution in [0.3, 0.4) is 0 Å². The molecule has 2 heterocycles. The highest BCUT2D eigenvalue weighted by Gasteiger charge is 2.23. The van der Waals surface area contributed by atoms with Crippen molar-refractivity contribution < 1.29 is 14.0 Å². The SMILES string of the molecule is CC(=O)c1ccc(C(=O)N(Cc2ccco2)c2nc3c(C)cccc3s2)cc1. The number of aromatic nitrogens is 1. The maximum atomic E-state index is 13.3. The molecule has 0 atom stereocenters. The molecule has 4 rings (SSSR count). The predicted molar refractivity (Wildman–Crippen MR) is 110 cm³/mol. The lowest BCUT2D eigenvalue weighted by atomic mass is 10.1. The van der Waals surface area contributed by atoms with Crippen LogP contribution in [0.4, 0.5) is 5.13 Å². The lowest BCUT2D eigenvalue weighted by Gasteiger charge is -2.19. The number of hydrogen-bond acceptors (Lipinski definition) is 5. The lowest BCUT2D eigenvalue weighted by Crippen LogP contribution is -2.30. The number of Topliss-reactive ketones (excluding diaryl/α,β-unsaturated/α-hetero) is 1. The molecule has 140 valence electrons. The first-order chi connectivity index (χ1) is 13.5. The molecule has 2 aromatic carbocycles. The van der Waals surface area contributed by atoms with Crippen LogP contribution in [0.1, 0.15) is 39.0 Å². The van der Waals surface area contributed by atoms with E-state index in [0.29, 0.717) is 22.0 Å². The molecule has 0 saturated carbocycles. The van der Waals surface area contributed by atoms with Gasteiger partial charge in [0.25, 0.3) is 5.91 Å². The summed E-state index contributed by atoms with van der Waals surface area (Å²) in [6.45, 7) is 3.79. The van der Waals surface area contributed by atoms with Gasteiger partial charge in [0.1, 0.15) is 5.76 Å². The monoisotopic (exact) mass is 390 g/mol. The fraction of sp³-hybridized carbons (Fsp3) is 0.136. The first-order valence-electron chi connectivity index (χ1n) is 8.84. The van der Waals surface area contributed by atoms with Crippen molar-refractivity contribution in [2.75, 3.05) is 4.90 Å². The van der Waals surface area contributed by atoms with Gasteiger partial charge < -0.3 is 4.42 Å². The van der Waals surface area contributed by atoms with Crippen molar-refractivity contribution >= 4 is 38.4 Å². The number of rotatable bonds is 5. The van der Waals surface area contributed by atoms with Gasteiger partial charge in [0.15, 0.2) is 10.9 Å². The summed E-state index contributed by atoms with van der Waals surface area (Å²) in [5.74, 6) is 0.445. The van der Waals surface area contributed by atoms with Crippen LogP contribution in [0, 0.1) is 6.92 Å². The van der Waals surface area contributed by atoms with Crippen LogP contribution in [0.25, 0.3) is 10.2 Å². The van der Waals surface area contributed by atoms with E-state index in [0.717, 1.165) is 15.8 Å². The third kappa shape index (κ3) is 3.46. The summed E-state index contributed by atoms with van der Waals surface area (Å²) in [6, 6.07) is 16.3. The highest BCUT2D eigenvalue weighted by atomic mass is 32.1. The zero-order valence-electron chi connectivity index (χ0n) is 15.5. The van der Waals surface area contributed by atoms with E-state index >= 15 is 0 Å². The Bertz CT molecular complexity index is 1140. The van der Waals surface area contributed by atoms with Crippen molar-refractivity contribution in [1.29, 1.82) is 0 Å². The van der Waals surface area contributed by atoms with Crippen LogP contribution in [-0.2, 0) is 6.54 Å². The molecule has 28 heavy (non-hydrogen) atoms. The second-order valence-corrected chi connectivity index (χ2v) is 7.53. The number of carbonyl (C=O) groups is 2. The van der Waals surface area contributed by atoms with Gasteiger partial charge in [-0.2, -0.15) is 0 Å². The highest BCUT2D eigenvalue weighted by Crippen LogP contribution is 2.32. The van der Waals surface area contributed by atoms with Crippen molar-refractivity contribution in [2.24, 2.45) is 0 Å². The summed E-state index contributed by atoms with van der Waals surface area (Å²) < 4.78 is 6.49. The largest absolute Gasteiger partial charge is 0.467 e. The second kappa shape index (κ2) is 7.40. The summed E-state index contributed by atoms with van der Waals surface area (Å²) >= 11 is 1.47. The van der Waals surface area contributed by atoms with Crippen LogP contribution in [0.5, 0.6) is 0 Å². The van der Waals surface area contributed by atoms with Crippen molar-refractivity contribution in [2.45, 2.75) is 20.4 Å². The molecule has 0 aliphatic rings. The fourth-order valence-electron chi connectivity index (χ4n) is 2.98. The Morgan fingerprint density at radius 2 is 1.79 bits per heavy atom. The summed E-state index contributed by atoms with van der Waals surface area (Å²) in [5.41, 5.74) is 3.03. The topological polar surface area (TPSA) is 63.4 Å². The van der Waals surface area contributed by atoms with E-state index in [1.54, 1.807) is 41.5 Å². The number of furan rings is 1. The summed E-state index contributed by atoms with van der Waals surface area (Å²) in [7, 11) is 0. The van der Waals surface area contributed by atoms with E-state index in [1.165, 1.54) is 18.3 Å². The third-order valence-corrected chi connectivity index (χ3v) is 5.56. The van der Waals surface area contributed by atoms with E-state index < -0.39 is 0 Å². The Kier molecular flexibility index (Phi) is 4.79. The quantitative estimate of drug-likeness (QED) is 0.437. The van der Waals surface area contributed by atoms with Gasteiger partial charge in [-0.25, -0.2) is 4.98 Å². The molecule has 0 bridgehead atoms. The predicted octanol–water partition coefficient (Wildman–Crippen LogP) is 5.25. The molecule has 1 amide bonds. The number of aryl methyl sites for hydroxylation is 1. The van der Waals surface area contributed by atoms with Gasteiger partial charge in [-0.3, -0.25) is 14.5 Å². The maximum absolute atomic E-state index is 13.3. The average molecular weight is 390 g/mol. The van der Waals surface area contributed by atoms with E-state index in [4.69, 9.17) is 9.40 Å². The summed E-state index contributed by atoms with van der Waals surface area (Å²) in [6.07, 6.45) is 1.59. The van der Waals surface area contributed by atoms with Gasteiger partial charge in [-0.05, 0) is 49.7 Å². The number of carbonyl (C=O) groups excluding carboxylic acids is 2. The lowest BCUT2D eigenvalue weighted by molar-refractivity contribution is 0.0979. The van der Waals surface area contributed by atoms with Crippen molar-refractivity contribution in [1.82, 2.24) is 4.98 Å². The first kappa shape index (κ1) is 18.1. The molecule has 0 aliphatic carbocycles. The van der Waals surface area contributed by atoms with Gasteiger partial charge in [0, 0.05) is 11.1 Å². The third-order valence-electron chi connectivity index (χ3n) is 4.52. The van der Waals surface area contributed by atoms with E-state index in [-0.39, 0.29) is 18.2 Å². The standard InChI is InChI=1S/C22H18N2O3S/c1-14-5-3-7-19-20(14)23-22(28-19)24(13-18-6-4-12-27-18)21(26)17-10-8-16(9-11-17)15(2)25/h3-12H,13H2,1-2H3. The number of thiazole rings is 1. The number of nitrogens with zero attached hydrogens (tertiary/aromatic N) is 2. The van der Waals surface area contributed by atoms with Gasteiger partial charge in [0.05, 0.1) is 23.0 Å². The Balaban J connectivity index is 1.74. The fourth-order valence-corrected chi connectivity index (χ4v) is 4.02. The Morgan fingerprint density at radius 1 is 1.04 bits per heavy atom. The molecule has 5 nitrogen and oxygen atoms in total. The molecule has 0 saturated heterocycles. The molecule has 0 aliphatic heterocycles. The smallest absolute Gasteiger partial charge is 0.260 e. The average Bonchev–Trinajstić information content (AvgIpc) is 3.36. The summed E-state index contributed by atoms with van der Waals surface area (Å²) in [4.78, 5) is 31.1. The van der Waals surface area contributed by atoms with Crippen molar-refractivity contribution in [3.63, 3.8) is 0 Å². The van der Waals surface area contributed by atoms with E-state index in [1.807, 2.05) is 31.2 Å². The summed E-state index contributed by atoms with van der Waals surface area (Å²) in [5, 5.41) is 0.612. The molecule has 0 unspecified atom stereocenters. The zero-order chi connectivity index (χ0) is 19.7. The molecule has 0 radical (unpaired) electrons. The van der Waals surface area contributed by atoms with Crippen LogP contribution < -0.4 is 4.90 Å². The van der Waals surface area contributed by atoms with E-state index in [9.17, 15) is 9.59 Å². The molecule has 0 N–H and O–H groups in total. The van der Waals surface area contributed by atoms with Crippen molar-refractivity contribution in [3.8, 4) is 0 Å². The molecular weight excluding hydrogens is 372 g/mol. The number of benzene rings is 2. The van der Waals surface area contributed by atoms with Crippen molar-refractivity contribution in [3.05, 3.63) is 83.3 Å². The van der Waals surface area contributed by atoms with Crippen LogP contribution >= 0.6 is 11.3 Å². The van der Waals surface area contributed by atoms with Crippen LogP contribution in [-0.4, -0.2) is 16.7 Å². The molecular formula is C22H18N2O3S. The Morgan fingerprint density at radius 3 is 2.43 bits per heavy atom. The molecule has 0 fully saturated rings. The normalized spacial score (nSPS) is 10.9. The minimum absolute atomic E-state index is 0.0342. The van der Waals surface area contributed by atoms with Gasteiger partial charge >= 0.3 is 0 Å². The van der Waals surface area contributed by atoms with Gasteiger partial charge in [-0.1, -0.05) is 35.6 Å². The molecule has 4 aromatic rings. The molecule has 2 aromatic heterocycles. The Hall–Kier alpha value is -3.25. The van der Waals surface area contributed by atoms with Crippen LogP contribution in [0.2, 0.25) is 0 Å². The number of fused-ring (bicyclic) bond motifs is 1. The number of hydrogen-bond donors (Lipinski definition) is 0. The highest BCUT2D eigenvalue weighted by molar-refractivity contribution is 7.22. The maximum Gasteiger partial charge on any atom is 0.260 e. The van der Waals surface area contributed by atoms with E-state index in [2.05, 4.69) is 0 Å². The number of para-hydroxylation sites is 1. The zero-order valence-corrected chi connectivity index (χ0v) is 16.3. The van der Waals surface area contributed by atoms with Gasteiger partial charge in [-0.15, -0.1) is 0 Å². The van der Waals surface area contributed by atoms with Crippen LogP contribution in [0.15, 0.2) is 65.3 Å². The first-order valence-corrected chi connectivity index (χ1v) is 9.66. The number of amides is 1. The van der Waals surface area contributed by atoms with Gasteiger partial charge in [0.2, 0.25) is 0 Å². The minimum atomic E-state index is -0.191. The second-order valence-electron chi connectivity index (χ2n) is 6.52. The number of anilines is 1. The Labute approximate surface area is 166 Å². The number of ketones is 1. The molecule has 6 heteroatoms. The minimum Gasteiger partial charge on any atom is -0.467 e.